The number of nitrogens with zero attached hydrogens (tertiary/aromatic N) is 4. The number of hydrogen-bond acceptors (Lipinski definition) is 6. The highest BCUT2D eigenvalue weighted by Crippen LogP contribution is 2.37. The molecular formula is C25H24Cl2FIN5O2P. The van der Waals surface area contributed by atoms with Crippen LogP contribution in [-0.4, -0.2) is 37.3 Å². The first-order chi connectivity index (χ1) is 17.8. The molecule has 2 N–H and O–H groups in total. The number of halogens is 4. The average molecular weight is 674 g/mol. The Morgan fingerprint density at radius 1 is 1.22 bits per heavy atom. The number of nitrogens with one attached hydrogen (secondary N) is 1. The zero-order valence-electron chi connectivity index (χ0n) is 19.9. The molecule has 3 heterocycles. The van der Waals surface area contributed by atoms with Gasteiger partial charge in [0.2, 0.25) is 0 Å². The highest BCUT2D eigenvalue weighted by atomic mass is 127. The number of rotatable bonds is 10. The average Bonchev–Trinajstić information content (AvgIpc) is 3.26. The zero-order valence-corrected chi connectivity index (χ0v) is 24.6. The van der Waals surface area contributed by atoms with Crippen molar-refractivity contribution in [3.8, 4) is 5.75 Å². The minimum Gasteiger partial charge on any atom is -0.486 e. The summed E-state index contributed by atoms with van der Waals surface area (Å²) in [6, 6.07) is 9.03. The molecule has 0 radical (unpaired) electrons. The summed E-state index contributed by atoms with van der Waals surface area (Å²) < 4.78 is 23.4. The number of ether oxygens (including phenoxy) is 1. The molecule has 0 amide bonds. The van der Waals surface area contributed by atoms with Crippen LogP contribution in [0.2, 0.25) is 10.0 Å². The van der Waals surface area contributed by atoms with Gasteiger partial charge in [-0.1, -0.05) is 29.3 Å². The summed E-state index contributed by atoms with van der Waals surface area (Å²) in [5.74, 6) is 0.0513. The number of pyridine rings is 2. The van der Waals surface area contributed by atoms with Crippen LogP contribution in [0.5, 0.6) is 5.75 Å². The van der Waals surface area contributed by atoms with Gasteiger partial charge >= 0.3 is 0 Å². The van der Waals surface area contributed by atoms with E-state index < -0.39 is 11.9 Å². The molecule has 37 heavy (non-hydrogen) atoms. The van der Waals surface area contributed by atoms with Gasteiger partial charge in [0.15, 0.2) is 5.83 Å². The zero-order chi connectivity index (χ0) is 26.5. The summed E-state index contributed by atoms with van der Waals surface area (Å²) in [6.45, 7) is 4.27. The Hall–Kier alpha value is -1.88. The van der Waals surface area contributed by atoms with Crippen LogP contribution < -0.4 is 10.1 Å². The number of aromatic nitrogens is 4. The van der Waals surface area contributed by atoms with Crippen molar-refractivity contribution >= 4 is 74.4 Å². The van der Waals surface area contributed by atoms with Gasteiger partial charge in [0.25, 0.3) is 0 Å². The molecule has 0 saturated carbocycles. The van der Waals surface area contributed by atoms with Gasteiger partial charge in [-0.15, -0.1) is 0 Å². The molecule has 0 saturated heterocycles. The third-order valence-electron chi connectivity index (χ3n) is 5.61. The van der Waals surface area contributed by atoms with E-state index in [0.29, 0.717) is 38.9 Å². The van der Waals surface area contributed by atoms with Gasteiger partial charge in [-0.05, 0) is 71.8 Å². The summed E-state index contributed by atoms with van der Waals surface area (Å²) in [4.78, 5) is 8.36. The van der Waals surface area contributed by atoms with Gasteiger partial charge < -0.3 is 15.2 Å². The maximum Gasteiger partial charge on any atom is 0.151 e. The van der Waals surface area contributed by atoms with E-state index in [1.165, 1.54) is 18.5 Å². The van der Waals surface area contributed by atoms with Crippen molar-refractivity contribution in [2.75, 3.05) is 6.61 Å². The fourth-order valence-corrected chi connectivity index (χ4v) is 5.87. The van der Waals surface area contributed by atoms with E-state index in [-0.39, 0.29) is 24.7 Å². The summed E-state index contributed by atoms with van der Waals surface area (Å²) in [7, 11) is 0. The van der Waals surface area contributed by atoms with Crippen molar-refractivity contribution in [3.63, 3.8) is 0 Å². The third-order valence-corrected chi connectivity index (χ3v) is 8.09. The minimum atomic E-state index is -0.481. The molecule has 1 aromatic carbocycles. The van der Waals surface area contributed by atoms with Crippen molar-refractivity contribution in [1.29, 1.82) is 0 Å². The monoisotopic (exact) mass is 673 g/mol. The number of hydrogen-bond donors (Lipinski definition) is 2. The molecule has 0 fully saturated rings. The standard InChI is InChI=1S/C25H24Cl2FIN5O2P/c1-14(13-35)31-10-17-4-3-16(9-32-17)7-22(28)25-19-8-18(5-6-23(19)34(33-25)37-29)36-15(2)24-20(26)11-30-12-21(24)27/h3-9,11-12,14-15,31,35,37H,10,13H2,1-2H3/b22-7-/t14-,15?/m0/s1. The van der Waals surface area contributed by atoms with Crippen LogP contribution in [0.1, 0.15) is 42.5 Å². The number of fused-ring (bicyclic) bond motifs is 1. The Morgan fingerprint density at radius 2 is 1.97 bits per heavy atom. The van der Waals surface area contributed by atoms with Gasteiger partial charge in [-0.2, -0.15) is 5.10 Å². The Morgan fingerprint density at radius 3 is 2.62 bits per heavy atom. The lowest BCUT2D eigenvalue weighted by Gasteiger charge is -2.17. The van der Waals surface area contributed by atoms with Crippen molar-refractivity contribution in [2.45, 2.75) is 32.5 Å². The number of aliphatic hydroxyl groups is 1. The molecule has 0 aliphatic rings. The van der Waals surface area contributed by atoms with Gasteiger partial charge in [-0.3, -0.25) is 9.97 Å². The fourth-order valence-electron chi connectivity index (χ4n) is 3.67. The van der Waals surface area contributed by atoms with E-state index in [1.54, 1.807) is 22.8 Å². The largest absolute Gasteiger partial charge is 0.486 e. The van der Waals surface area contributed by atoms with E-state index in [9.17, 15) is 0 Å². The molecule has 0 aliphatic heterocycles. The SMILES string of the molecule is CC(Oc1ccc2c(c1)c(/C(F)=C/c1ccc(CN[C@@H](C)CO)nc1)nn2PI)c1c(Cl)cncc1Cl. The first-order valence-electron chi connectivity index (χ1n) is 11.3. The molecule has 4 rings (SSSR count). The summed E-state index contributed by atoms with van der Waals surface area (Å²) >= 11 is 14.8. The summed E-state index contributed by atoms with van der Waals surface area (Å²) in [5, 5.41) is 18.2. The highest BCUT2D eigenvalue weighted by Gasteiger charge is 2.19. The van der Waals surface area contributed by atoms with Gasteiger partial charge in [0, 0.05) is 42.1 Å². The van der Waals surface area contributed by atoms with E-state index >= 15 is 4.39 Å². The molecule has 3 atom stereocenters. The van der Waals surface area contributed by atoms with Crippen LogP contribution in [0.3, 0.4) is 0 Å². The molecule has 2 unspecified atom stereocenters. The Balaban J connectivity index is 1.61. The third kappa shape index (κ3) is 6.77. The summed E-state index contributed by atoms with van der Waals surface area (Å²) in [6.07, 6.45) is 5.89. The molecular weight excluding hydrogens is 650 g/mol. The van der Waals surface area contributed by atoms with Gasteiger partial charge in [-0.25, -0.2) is 8.84 Å². The summed E-state index contributed by atoms with van der Waals surface area (Å²) in [5.41, 5.74) is 3.05. The van der Waals surface area contributed by atoms with E-state index in [1.807, 2.05) is 32.0 Å². The minimum absolute atomic E-state index is 0.0312. The van der Waals surface area contributed by atoms with Crippen LogP contribution in [0, 0.1) is 0 Å². The molecule has 0 bridgehead atoms. The lowest BCUT2D eigenvalue weighted by atomic mass is 10.1. The maximum atomic E-state index is 15.5. The van der Waals surface area contributed by atoms with Crippen molar-refractivity contribution in [1.82, 2.24) is 24.8 Å². The first-order valence-corrected chi connectivity index (χ1v) is 16.1. The Kier molecular flexibility index (Phi) is 9.72. The van der Waals surface area contributed by atoms with Crippen LogP contribution in [0.15, 0.2) is 48.9 Å². The molecule has 194 valence electrons. The Bertz CT molecular complexity index is 1400. The maximum absolute atomic E-state index is 15.5. The lowest BCUT2D eigenvalue weighted by molar-refractivity contribution is 0.227. The van der Waals surface area contributed by atoms with E-state index in [4.69, 9.17) is 33.0 Å². The number of benzene rings is 1. The highest BCUT2D eigenvalue weighted by molar-refractivity contribution is 14.2. The van der Waals surface area contributed by atoms with Crippen LogP contribution >= 0.6 is 51.6 Å². The van der Waals surface area contributed by atoms with Crippen molar-refractivity contribution in [2.24, 2.45) is 0 Å². The molecule has 0 aliphatic carbocycles. The lowest BCUT2D eigenvalue weighted by Crippen LogP contribution is -2.28. The van der Waals surface area contributed by atoms with Crippen LogP contribution in [-0.2, 0) is 6.54 Å². The molecule has 0 spiro atoms. The molecule has 3 aromatic heterocycles. The second kappa shape index (κ2) is 12.8. The normalized spacial score (nSPS) is 14.0. The van der Waals surface area contributed by atoms with Crippen LogP contribution in [0.4, 0.5) is 4.39 Å². The smallest absolute Gasteiger partial charge is 0.151 e. The van der Waals surface area contributed by atoms with E-state index in [2.05, 4.69) is 42.4 Å². The van der Waals surface area contributed by atoms with Gasteiger partial charge in [0.1, 0.15) is 17.5 Å². The van der Waals surface area contributed by atoms with Gasteiger partial charge in [0.05, 0.1) is 34.2 Å². The number of aliphatic hydroxyl groups excluding tert-OH is 1. The van der Waals surface area contributed by atoms with Crippen LogP contribution in [0.25, 0.3) is 22.8 Å². The molecule has 12 heteroatoms. The van der Waals surface area contributed by atoms with Crippen molar-refractivity contribution < 1.29 is 14.2 Å². The first kappa shape index (κ1) is 28.1. The second-order valence-corrected chi connectivity index (χ2v) is 11.2. The van der Waals surface area contributed by atoms with E-state index in [0.717, 1.165) is 11.2 Å². The fraction of sp³-hybridized carbons (Fsp3) is 0.240. The second-order valence-electron chi connectivity index (χ2n) is 8.34. The molecule has 4 aromatic rings. The predicted molar refractivity (Wildman–Crippen MR) is 157 cm³/mol. The molecule has 7 nitrogen and oxygen atoms in total. The Labute approximate surface area is 238 Å². The predicted octanol–water partition coefficient (Wildman–Crippen LogP) is 7.00. The van der Waals surface area contributed by atoms with Crippen molar-refractivity contribution in [3.05, 3.63) is 81.5 Å². The topological polar surface area (TPSA) is 85.1 Å². The quantitative estimate of drug-likeness (QED) is 0.139.